The minimum absolute atomic E-state index is 0.0212. The van der Waals surface area contributed by atoms with Crippen LogP contribution in [0.5, 0.6) is 0 Å². The van der Waals surface area contributed by atoms with Crippen molar-refractivity contribution in [3.05, 3.63) is 47.0 Å². The van der Waals surface area contributed by atoms with Crippen LogP contribution in [0.15, 0.2) is 24.3 Å². The molecule has 2 fully saturated rings. The number of ether oxygens (including phenoxy) is 1. The van der Waals surface area contributed by atoms with Crippen LogP contribution in [0.2, 0.25) is 0 Å². The number of carbonyl (C=O) groups excluding carboxylic acids is 2. The Morgan fingerprint density at radius 1 is 1.26 bits per heavy atom. The largest absolute Gasteiger partial charge is 0.466 e. The maximum absolute atomic E-state index is 13.9. The van der Waals surface area contributed by atoms with Crippen molar-refractivity contribution in [1.29, 1.82) is 0 Å². The van der Waals surface area contributed by atoms with Crippen LogP contribution >= 0.6 is 0 Å². The van der Waals surface area contributed by atoms with E-state index in [2.05, 4.69) is 0 Å². The molecule has 1 aliphatic heterocycles. The molecule has 31 heavy (non-hydrogen) atoms. The average Bonchev–Trinajstić information content (AvgIpc) is 3.52. The van der Waals surface area contributed by atoms with E-state index < -0.39 is 0 Å². The van der Waals surface area contributed by atoms with Crippen LogP contribution in [0, 0.1) is 11.7 Å². The van der Waals surface area contributed by atoms with Crippen molar-refractivity contribution in [1.82, 2.24) is 14.7 Å². The maximum Gasteiger partial charge on any atom is 0.310 e. The predicted molar refractivity (Wildman–Crippen MR) is 115 cm³/mol. The molecule has 0 N–H and O–H groups in total. The molecule has 7 heteroatoms. The molecule has 2 aliphatic rings. The molecule has 1 aliphatic carbocycles. The number of amides is 1. The molecular formula is C24H30FN3O3. The zero-order valence-corrected chi connectivity index (χ0v) is 18.4. The fraction of sp³-hybridized carbons (Fsp3) is 0.542. The molecule has 0 unspecified atom stereocenters. The summed E-state index contributed by atoms with van der Waals surface area (Å²) >= 11 is 0. The minimum atomic E-state index is -0.336. The lowest BCUT2D eigenvalue weighted by molar-refractivity contribution is -0.149. The molecule has 1 amide bonds. The highest BCUT2D eigenvalue weighted by molar-refractivity contribution is 5.97. The van der Waals surface area contributed by atoms with Gasteiger partial charge in [0.1, 0.15) is 5.82 Å². The van der Waals surface area contributed by atoms with Crippen LogP contribution in [-0.2, 0) is 9.53 Å². The number of aromatic nitrogens is 2. The number of piperidine rings is 1. The van der Waals surface area contributed by atoms with Crippen molar-refractivity contribution in [3.63, 3.8) is 0 Å². The van der Waals surface area contributed by atoms with Gasteiger partial charge in [0.25, 0.3) is 5.91 Å². The summed E-state index contributed by atoms with van der Waals surface area (Å²) in [7, 11) is 0. The monoisotopic (exact) mass is 427 g/mol. The molecule has 0 spiro atoms. The van der Waals surface area contributed by atoms with Crippen LogP contribution in [0.1, 0.15) is 80.0 Å². The highest BCUT2D eigenvalue weighted by atomic mass is 19.1. The van der Waals surface area contributed by atoms with Crippen molar-refractivity contribution in [2.45, 2.75) is 58.3 Å². The van der Waals surface area contributed by atoms with E-state index in [9.17, 15) is 14.0 Å². The lowest BCUT2D eigenvalue weighted by Gasteiger charge is -2.32. The number of esters is 1. The molecular weight excluding hydrogens is 397 g/mol. The third-order valence-electron chi connectivity index (χ3n) is 6.05. The summed E-state index contributed by atoms with van der Waals surface area (Å²) in [5, 5.41) is 4.82. The number of benzene rings is 1. The number of nitrogens with zero attached hydrogens (tertiary/aromatic N) is 3. The minimum Gasteiger partial charge on any atom is -0.466 e. The Morgan fingerprint density at radius 3 is 2.68 bits per heavy atom. The molecule has 1 aromatic carbocycles. The number of hydrogen-bond acceptors (Lipinski definition) is 4. The number of halogens is 1. The molecule has 166 valence electrons. The van der Waals surface area contributed by atoms with E-state index in [1.807, 2.05) is 19.9 Å². The van der Waals surface area contributed by atoms with Gasteiger partial charge in [-0.05, 0) is 56.7 Å². The second-order valence-electron chi connectivity index (χ2n) is 8.81. The van der Waals surface area contributed by atoms with Gasteiger partial charge in [0.05, 0.1) is 35.2 Å². The maximum atomic E-state index is 13.9. The van der Waals surface area contributed by atoms with Crippen LogP contribution in [0.4, 0.5) is 4.39 Å². The van der Waals surface area contributed by atoms with Crippen molar-refractivity contribution < 1.29 is 18.7 Å². The Hall–Kier alpha value is -2.70. The van der Waals surface area contributed by atoms with E-state index in [1.165, 1.54) is 12.1 Å². The zero-order chi connectivity index (χ0) is 22.1. The Morgan fingerprint density at radius 2 is 2.03 bits per heavy atom. The summed E-state index contributed by atoms with van der Waals surface area (Å²) < 4.78 is 20.9. The van der Waals surface area contributed by atoms with Gasteiger partial charge in [-0.15, -0.1) is 0 Å². The van der Waals surface area contributed by atoms with Crippen LogP contribution in [-0.4, -0.2) is 46.3 Å². The number of likely N-dealkylation sites (tertiary alicyclic amines) is 1. The highest BCUT2D eigenvalue weighted by Gasteiger charge is 2.38. The zero-order valence-electron chi connectivity index (χ0n) is 18.4. The first-order valence-corrected chi connectivity index (χ1v) is 11.2. The van der Waals surface area contributed by atoms with Crippen LogP contribution in [0.3, 0.4) is 0 Å². The van der Waals surface area contributed by atoms with Crippen molar-refractivity contribution in [3.8, 4) is 5.69 Å². The van der Waals surface area contributed by atoms with Gasteiger partial charge >= 0.3 is 5.97 Å². The molecule has 1 saturated carbocycles. The standard InChI is InChI=1S/C24H30FN3O3/c1-4-31-24(30)17-7-6-12-27(14-17)23(29)20-21(16-10-11-16)26-28(22(20)15(2)3)19-9-5-8-18(25)13-19/h5,8-9,13,15-17H,4,6-7,10-12,14H2,1-3H3/t17-/m0/s1. The van der Waals surface area contributed by atoms with E-state index in [0.29, 0.717) is 30.9 Å². The van der Waals surface area contributed by atoms with E-state index in [1.54, 1.807) is 22.6 Å². The first kappa shape index (κ1) is 21.5. The predicted octanol–water partition coefficient (Wildman–Crippen LogP) is 4.43. The van der Waals surface area contributed by atoms with Gasteiger partial charge in [0.15, 0.2) is 0 Å². The smallest absolute Gasteiger partial charge is 0.310 e. The summed E-state index contributed by atoms with van der Waals surface area (Å²) in [5.41, 5.74) is 2.85. The fourth-order valence-corrected chi connectivity index (χ4v) is 4.42. The first-order valence-electron chi connectivity index (χ1n) is 11.2. The fourth-order valence-electron chi connectivity index (χ4n) is 4.42. The summed E-state index contributed by atoms with van der Waals surface area (Å²) in [6.07, 6.45) is 3.51. The van der Waals surface area contributed by atoms with Crippen molar-refractivity contribution >= 4 is 11.9 Å². The van der Waals surface area contributed by atoms with Gasteiger partial charge in [-0.3, -0.25) is 9.59 Å². The molecule has 1 aromatic heterocycles. The first-order chi connectivity index (χ1) is 14.9. The lowest BCUT2D eigenvalue weighted by atomic mass is 9.95. The van der Waals surface area contributed by atoms with Gasteiger partial charge in [0.2, 0.25) is 0 Å². The Bertz CT molecular complexity index is 980. The molecule has 4 rings (SSSR count). The van der Waals surface area contributed by atoms with E-state index in [0.717, 1.165) is 37.1 Å². The van der Waals surface area contributed by atoms with Gasteiger partial charge in [0, 0.05) is 19.0 Å². The topological polar surface area (TPSA) is 64.4 Å². The van der Waals surface area contributed by atoms with Gasteiger partial charge in [-0.1, -0.05) is 19.9 Å². The third-order valence-corrected chi connectivity index (χ3v) is 6.05. The molecule has 2 aromatic rings. The van der Waals surface area contributed by atoms with E-state index in [-0.39, 0.29) is 35.4 Å². The summed E-state index contributed by atoms with van der Waals surface area (Å²) in [4.78, 5) is 27.8. The Labute approximate surface area is 182 Å². The van der Waals surface area contributed by atoms with Crippen molar-refractivity contribution in [2.24, 2.45) is 5.92 Å². The summed E-state index contributed by atoms with van der Waals surface area (Å²) in [6, 6.07) is 6.31. The summed E-state index contributed by atoms with van der Waals surface area (Å²) in [6.45, 7) is 7.16. The number of carbonyl (C=O) groups is 2. The Balaban J connectivity index is 1.73. The van der Waals surface area contributed by atoms with Crippen molar-refractivity contribution in [2.75, 3.05) is 19.7 Å². The molecule has 6 nitrogen and oxygen atoms in total. The second kappa shape index (κ2) is 8.81. The van der Waals surface area contributed by atoms with Crippen LogP contribution < -0.4 is 0 Å². The Kier molecular flexibility index (Phi) is 6.12. The quantitative estimate of drug-likeness (QED) is 0.640. The second-order valence-corrected chi connectivity index (χ2v) is 8.81. The van der Waals surface area contributed by atoms with Gasteiger partial charge in [-0.2, -0.15) is 5.10 Å². The van der Waals surface area contributed by atoms with Crippen LogP contribution in [0.25, 0.3) is 5.69 Å². The molecule has 0 bridgehead atoms. The van der Waals surface area contributed by atoms with E-state index in [4.69, 9.17) is 9.84 Å². The normalized spacial score (nSPS) is 19.0. The number of hydrogen-bond donors (Lipinski definition) is 0. The summed E-state index contributed by atoms with van der Waals surface area (Å²) in [5.74, 6) is -0.659. The average molecular weight is 428 g/mol. The molecule has 1 atom stereocenters. The van der Waals surface area contributed by atoms with Gasteiger partial charge < -0.3 is 9.64 Å². The lowest BCUT2D eigenvalue weighted by Crippen LogP contribution is -2.43. The highest BCUT2D eigenvalue weighted by Crippen LogP contribution is 2.43. The third kappa shape index (κ3) is 4.36. The van der Waals surface area contributed by atoms with E-state index >= 15 is 0 Å². The number of rotatable bonds is 6. The molecule has 0 radical (unpaired) electrons. The molecule has 2 heterocycles. The molecule has 1 saturated heterocycles. The van der Waals surface area contributed by atoms with Gasteiger partial charge in [-0.25, -0.2) is 9.07 Å². The SMILES string of the molecule is CCOC(=O)[C@H]1CCCN(C(=O)c2c(C3CC3)nn(-c3cccc(F)c3)c2C(C)C)C1.